The highest BCUT2D eigenvalue weighted by molar-refractivity contribution is 7.99. The standard InChI is InChI=1S/C13H28N2OS/c1-10(7-11(2)16)15-13(8-14)9-17-6-5-12(13,3)4/h10-11,15-16H,5-9,14H2,1-4H3. The van der Waals surface area contributed by atoms with Crippen molar-refractivity contribution >= 4 is 11.8 Å². The van der Waals surface area contributed by atoms with E-state index in [0.717, 1.165) is 12.2 Å². The van der Waals surface area contributed by atoms with Gasteiger partial charge >= 0.3 is 0 Å². The van der Waals surface area contributed by atoms with E-state index < -0.39 is 0 Å². The SMILES string of the molecule is CC(O)CC(C)NC1(CN)CSCCC1(C)C. The Kier molecular flexibility index (Phi) is 5.32. The molecule has 17 heavy (non-hydrogen) atoms. The summed E-state index contributed by atoms with van der Waals surface area (Å²) in [6.07, 6.45) is 1.72. The molecule has 0 aromatic heterocycles. The van der Waals surface area contributed by atoms with Crippen LogP contribution in [0, 0.1) is 5.41 Å². The smallest absolute Gasteiger partial charge is 0.0526 e. The number of hydrogen-bond donors (Lipinski definition) is 3. The monoisotopic (exact) mass is 260 g/mol. The van der Waals surface area contributed by atoms with E-state index in [9.17, 15) is 5.11 Å². The second-order valence-electron chi connectivity index (χ2n) is 6.10. The van der Waals surface area contributed by atoms with E-state index in [1.165, 1.54) is 12.2 Å². The summed E-state index contributed by atoms with van der Waals surface area (Å²) in [4.78, 5) is 0. The lowest BCUT2D eigenvalue weighted by molar-refractivity contribution is 0.105. The topological polar surface area (TPSA) is 58.3 Å². The molecule has 1 aliphatic rings. The highest BCUT2D eigenvalue weighted by atomic mass is 32.2. The predicted molar refractivity (Wildman–Crippen MR) is 76.4 cm³/mol. The molecule has 1 saturated heterocycles. The van der Waals surface area contributed by atoms with E-state index in [-0.39, 0.29) is 17.1 Å². The molecule has 0 radical (unpaired) electrons. The van der Waals surface area contributed by atoms with Gasteiger partial charge in [0, 0.05) is 23.9 Å². The Morgan fingerprint density at radius 2 is 2.06 bits per heavy atom. The number of aliphatic hydroxyl groups is 1. The average Bonchev–Trinajstić information content (AvgIpc) is 2.20. The minimum absolute atomic E-state index is 0.00419. The van der Waals surface area contributed by atoms with Crippen LogP contribution in [-0.4, -0.2) is 40.8 Å². The first-order valence-corrected chi connectivity index (χ1v) is 7.72. The van der Waals surface area contributed by atoms with Gasteiger partial charge in [0.15, 0.2) is 0 Å². The first-order chi connectivity index (χ1) is 7.83. The van der Waals surface area contributed by atoms with E-state index >= 15 is 0 Å². The van der Waals surface area contributed by atoms with Crippen LogP contribution in [0.4, 0.5) is 0 Å². The van der Waals surface area contributed by atoms with E-state index in [1.54, 1.807) is 0 Å². The molecule has 3 atom stereocenters. The molecule has 0 bridgehead atoms. The molecule has 4 N–H and O–H groups in total. The Hall–Kier alpha value is 0.230. The normalized spacial score (nSPS) is 32.1. The van der Waals surface area contributed by atoms with Crippen molar-refractivity contribution in [2.45, 2.75) is 58.2 Å². The molecule has 1 aliphatic heterocycles. The summed E-state index contributed by atoms with van der Waals surface area (Å²) >= 11 is 1.98. The van der Waals surface area contributed by atoms with Gasteiger partial charge in [0.1, 0.15) is 0 Å². The largest absolute Gasteiger partial charge is 0.393 e. The van der Waals surface area contributed by atoms with Gasteiger partial charge in [-0.05, 0) is 37.9 Å². The number of aliphatic hydroxyl groups excluding tert-OH is 1. The van der Waals surface area contributed by atoms with Crippen molar-refractivity contribution in [2.24, 2.45) is 11.1 Å². The zero-order valence-electron chi connectivity index (χ0n) is 11.6. The van der Waals surface area contributed by atoms with Crippen LogP contribution in [0.5, 0.6) is 0 Å². The van der Waals surface area contributed by atoms with E-state index in [2.05, 4.69) is 26.1 Å². The molecule has 3 nitrogen and oxygen atoms in total. The predicted octanol–water partition coefficient (Wildman–Crippen LogP) is 1.60. The van der Waals surface area contributed by atoms with Crippen LogP contribution >= 0.6 is 11.8 Å². The van der Waals surface area contributed by atoms with E-state index in [4.69, 9.17) is 5.73 Å². The summed E-state index contributed by atoms with van der Waals surface area (Å²) in [6, 6.07) is 0.302. The van der Waals surface area contributed by atoms with E-state index in [1.807, 2.05) is 18.7 Å². The highest BCUT2D eigenvalue weighted by Crippen LogP contribution is 2.42. The Balaban J connectivity index is 2.73. The number of thioether (sulfide) groups is 1. The van der Waals surface area contributed by atoms with Gasteiger partial charge in [-0.2, -0.15) is 11.8 Å². The Labute approximate surface area is 110 Å². The Morgan fingerprint density at radius 3 is 2.53 bits per heavy atom. The van der Waals surface area contributed by atoms with E-state index in [0.29, 0.717) is 12.6 Å². The second-order valence-corrected chi connectivity index (χ2v) is 7.21. The molecule has 0 saturated carbocycles. The number of hydrogen-bond acceptors (Lipinski definition) is 4. The molecule has 1 heterocycles. The molecule has 0 spiro atoms. The fraction of sp³-hybridized carbons (Fsp3) is 1.00. The summed E-state index contributed by atoms with van der Waals surface area (Å²) in [7, 11) is 0. The summed E-state index contributed by atoms with van der Waals surface area (Å²) in [5.74, 6) is 2.29. The van der Waals surface area contributed by atoms with Gasteiger partial charge in [0.25, 0.3) is 0 Å². The first-order valence-electron chi connectivity index (χ1n) is 6.56. The molecule has 1 fully saturated rings. The summed E-state index contributed by atoms with van der Waals surface area (Å²) in [6.45, 7) is 9.26. The highest BCUT2D eigenvalue weighted by Gasteiger charge is 2.46. The minimum Gasteiger partial charge on any atom is -0.393 e. The molecule has 102 valence electrons. The number of nitrogens with two attached hydrogens (primary N) is 1. The van der Waals surface area contributed by atoms with Crippen LogP contribution in [0.3, 0.4) is 0 Å². The maximum absolute atomic E-state index is 9.46. The van der Waals surface area contributed by atoms with Gasteiger partial charge in [0.05, 0.1) is 6.10 Å². The van der Waals surface area contributed by atoms with Crippen molar-refractivity contribution < 1.29 is 5.11 Å². The Morgan fingerprint density at radius 1 is 1.41 bits per heavy atom. The average molecular weight is 260 g/mol. The van der Waals surface area contributed by atoms with Gasteiger partial charge in [-0.1, -0.05) is 13.8 Å². The Bertz CT molecular complexity index is 246. The van der Waals surface area contributed by atoms with Crippen molar-refractivity contribution in [3.05, 3.63) is 0 Å². The minimum atomic E-state index is -0.258. The van der Waals surface area contributed by atoms with Crippen LogP contribution in [-0.2, 0) is 0 Å². The number of nitrogens with one attached hydrogen (secondary N) is 1. The van der Waals surface area contributed by atoms with Gasteiger partial charge in [-0.25, -0.2) is 0 Å². The van der Waals surface area contributed by atoms with Gasteiger partial charge in [-0.3, -0.25) is 0 Å². The zero-order valence-corrected chi connectivity index (χ0v) is 12.4. The summed E-state index contributed by atoms with van der Waals surface area (Å²) < 4.78 is 0. The van der Waals surface area contributed by atoms with Gasteiger partial charge in [-0.15, -0.1) is 0 Å². The molecular formula is C13H28N2OS. The molecule has 0 aromatic carbocycles. The molecule has 0 aliphatic carbocycles. The molecule has 4 heteroatoms. The van der Waals surface area contributed by atoms with Crippen molar-refractivity contribution in [3.8, 4) is 0 Å². The summed E-state index contributed by atoms with van der Waals surface area (Å²) in [5, 5.41) is 13.2. The van der Waals surface area contributed by atoms with Crippen molar-refractivity contribution in [1.82, 2.24) is 5.32 Å². The van der Waals surface area contributed by atoms with Crippen LogP contribution in [0.2, 0.25) is 0 Å². The maximum Gasteiger partial charge on any atom is 0.0526 e. The quantitative estimate of drug-likeness (QED) is 0.703. The third-order valence-electron chi connectivity index (χ3n) is 4.08. The molecule has 1 rings (SSSR count). The van der Waals surface area contributed by atoms with Crippen molar-refractivity contribution in [3.63, 3.8) is 0 Å². The maximum atomic E-state index is 9.46. The lowest BCUT2D eigenvalue weighted by Crippen LogP contribution is -2.66. The van der Waals surface area contributed by atoms with Crippen LogP contribution in [0.15, 0.2) is 0 Å². The zero-order chi connectivity index (χ0) is 13.1. The first kappa shape index (κ1) is 15.3. The lowest BCUT2D eigenvalue weighted by Gasteiger charge is -2.51. The molecule has 0 aromatic rings. The van der Waals surface area contributed by atoms with Gasteiger partial charge < -0.3 is 16.2 Å². The molecule has 3 unspecified atom stereocenters. The van der Waals surface area contributed by atoms with Crippen LogP contribution in [0.1, 0.15) is 40.5 Å². The van der Waals surface area contributed by atoms with Crippen molar-refractivity contribution in [2.75, 3.05) is 18.1 Å². The molecular weight excluding hydrogens is 232 g/mol. The second kappa shape index (κ2) is 5.91. The fourth-order valence-electron chi connectivity index (χ4n) is 2.68. The van der Waals surface area contributed by atoms with Crippen LogP contribution in [0.25, 0.3) is 0 Å². The summed E-state index contributed by atoms with van der Waals surface area (Å²) in [5.41, 5.74) is 6.28. The molecule has 0 amide bonds. The lowest BCUT2D eigenvalue weighted by atomic mass is 9.70. The van der Waals surface area contributed by atoms with Crippen molar-refractivity contribution in [1.29, 1.82) is 0 Å². The van der Waals surface area contributed by atoms with Crippen LogP contribution < -0.4 is 11.1 Å². The number of rotatable bonds is 5. The third kappa shape index (κ3) is 3.60. The fourth-order valence-corrected chi connectivity index (χ4v) is 4.42. The van der Waals surface area contributed by atoms with Gasteiger partial charge in [0.2, 0.25) is 0 Å². The third-order valence-corrected chi connectivity index (χ3v) is 5.27.